The number of hydrogen-bond acceptors (Lipinski definition) is 3. The molecule has 0 aliphatic carbocycles. The summed E-state index contributed by atoms with van der Waals surface area (Å²) in [6, 6.07) is 7.29. The van der Waals surface area contributed by atoms with Gasteiger partial charge >= 0.3 is 5.97 Å². The SMILES string of the molecule is CSC(C)C(=O)Nc1cccc(CCC(=O)O)c1. The van der Waals surface area contributed by atoms with Crippen molar-refractivity contribution in [3.8, 4) is 0 Å². The van der Waals surface area contributed by atoms with Gasteiger partial charge in [-0.25, -0.2) is 0 Å². The van der Waals surface area contributed by atoms with Crippen LogP contribution in [0.4, 0.5) is 5.69 Å². The Morgan fingerprint density at radius 2 is 2.17 bits per heavy atom. The lowest BCUT2D eigenvalue weighted by Gasteiger charge is -2.10. The molecule has 0 aliphatic heterocycles. The zero-order valence-corrected chi connectivity index (χ0v) is 11.3. The Hall–Kier alpha value is -1.49. The zero-order chi connectivity index (χ0) is 13.5. The van der Waals surface area contributed by atoms with E-state index in [1.807, 2.05) is 31.4 Å². The summed E-state index contributed by atoms with van der Waals surface area (Å²) in [5.41, 5.74) is 1.62. The third kappa shape index (κ3) is 4.79. The van der Waals surface area contributed by atoms with Crippen LogP contribution in [0.15, 0.2) is 24.3 Å². The van der Waals surface area contributed by atoms with Crippen LogP contribution in [-0.4, -0.2) is 28.5 Å². The Bertz CT molecular complexity index is 434. The largest absolute Gasteiger partial charge is 0.481 e. The van der Waals surface area contributed by atoms with Gasteiger partial charge < -0.3 is 10.4 Å². The fourth-order valence-corrected chi connectivity index (χ4v) is 1.68. The molecule has 0 heterocycles. The van der Waals surface area contributed by atoms with E-state index in [0.29, 0.717) is 12.1 Å². The first kappa shape index (κ1) is 14.6. The standard InChI is InChI=1S/C13H17NO3S/c1-9(18-2)13(17)14-11-5-3-4-10(8-11)6-7-12(15)16/h3-5,8-9H,6-7H2,1-2H3,(H,14,17)(H,15,16). The van der Waals surface area contributed by atoms with Crippen LogP contribution in [0.3, 0.4) is 0 Å². The highest BCUT2D eigenvalue weighted by atomic mass is 32.2. The second kappa shape index (κ2) is 7.06. The second-order valence-corrected chi connectivity index (χ2v) is 5.14. The van der Waals surface area contributed by atoms with Gasteiger partial charge in [0.25, 0.3) is 0 Å². The van der Waals surface area contributed by atoms with E-state index in [4.69, 9.17) is 5.11 Å². The Labute approximate surface area is 111 Å². The first-order valence-electron chi connectivity index (χ1n) is 5.67. The van der Waals surface area contributed by atoms with Gasteiger partial charge in [0.2, 0.25) is 5.91 Å². The van der Waals surface area contributed by atoms with E-state index in [2.05, 4.69) is 5.32 Å². The van der Waals surface area contributed by atoms with Gasteiger partial charge in [-0.3, -0.25) is 9.59 Å². The molecular weight excluding hydrogens is 250 g/mol. The number of carboxylic acid groups (broad SMARTS) is 1. The topological polar surface area (TPSA) is 66.4 Å². The molecular formula is C13H17NO3S. The van der Waals surface area contributed by atoms with Crippen LogP contribution in [0.5, 0.6) is 0 Å². The first-order chi connectivity index (χ1) is 8.52. The molecule has 2 N–H and O–H groups in total. The summed E-state index contributed by atoms with van der Waals surface area (Å²) < 4.78 is 0. The van der Waals surface area contributed by atoms with E-state index < -0.39 is 5.97 Å². The van der Waals surface area contributed by atoms with Crippen LogP contribution in [0, 0.1) is 0 Å². The van der Waals surface area contributed by atoms with Crippen LogP contribution in [-0.2, 0) is 16.0 Å². The molecule has 0 radical (unpaired) electrons. The van der Waals surface area contributed by atoms with Gasteiger partial charge in [-0.2, -0.15) is 11.8 Å². The lowest BCUT2D eigenvalue weighted by molar-refractivity contribution is -0.137. The molecule has 0 saturated heterocycles. The van der Waals surface area contributed by atoms with Crippen molar-refractivity contribution in [2.24, 2.45) is 0 Å². The van der Waals surface area contributed by atoms with E-state index in [0.717, 1.165) is 5.56 Å². The van der Waals surface area contributed by atoms with Crippen molar-refractivity contribution >= 4 is 29.3 Å². The number of nitrogens with one attached hydrogen (secondary N) is 1. The third-order valence-corrected chi connectivity index (χ3v) is 3.47. The number of rotatable bonds is 6. The summed E-state index contributed by atoms with van der Waals surface area (Å²) >= 11 is 1.48. The van der Waals surface area contributed by atoms with Gasteiger partial charge in [0.1, 0.15) is 0 Å². The number of amides is 1. The summed E-state index contributed by atoms with van der Waals surface area (Å²) in [4.78, 5) is 22.2. The maximum absolute atomic E-state index is 11.7. The predicted molar refractivity (Wildman–Crippen MR) is 74.0 cm³/mol. The monoisotopic (exact) mass is 267 g/mol. The van der Waals surface area contributed by atoms with Gasteiger partial charge in [-0.05, 0) is 37.3 Å². The molecule has 1 aromatic carbocycles. The highest BCUT2D eigenvalue weighted by Crippen LogP contribution is 2.14. The molecule has 0 saturated carbocycles. The molecule has 18 heavy (non-hydrogen) atoms. The normalized spacial score (nSPS) is 11.9. The number of carboxylic acids is 1. The van der Waals surface area contributed by atoms with Crippen LogP contribution in [0.25, 0.3) is 0 Å². The number of aliphatic carboxylic acids is 1. The molecule has 98 valence electrons. The summed E-state index contributed by atoms with van der Waals surface area (Å²) in [7, 11) is 0. The van der Waals surface area contributed by atoms with E-state index in [-0.39, 0.29) is 17.6 Å². The second-order valence-electron chi connectivity index (χ2n) is 3.96. The minimum atomic E-state index is -0.819. The van der Waals surface area contributed by atoms with E-state index in [1.165, 1.54) is 11.8 Å². The summed E-state index contributed by atoms with van der Waals surface area (Å²) in [6.45, 7) is 1.84. The highest BCUT2D eigenvalue weighted by molar-refractivity contribution is 7.99. The smallest absolute Gasteiger partial charge is 0.303 e. The highest BCUT2D eigenvalue weighted by Gasteiger charge is 2.11. The summed E-state index contributed by atoms with van der Waals surface area (Å²) in [6.07, 6.45) is 2.45. The molecule has 1 rings (SSSR count). The number of hydrogen-bond donors (Lipinski definition) is 2. The minimum Gasteiger partial charge on any atom is -0.481 e. The Morgan fingerprint density at radius 3 is 2.78 bits per heavy atom. The van der Waals surface area contributed by atoms with Crippen molar-refractivity contribution in [3.63, 3.8) is 0 Å². The number of anilines is 1. The molecule has 1 amide bonds. The molecule has 0 fully saturated rings. The van der Waals surface area contributed by atoms with Crippen molar-refractivity contribution in [3.05, 3.63) is 29.8 Å². The number of carbonyl (C=O) groups excluding carboxylic acids is 1. The van der Waals surface area contributed by atoms with Gasteiger partial charge in [0, 0.05) is 12.1 Å². The Morgan fingerprint density at radius 1 is 1.44 bits per heavy atom. The van der Waals surface area contributed by atoms with E-state index in [1.54, 1.807) is 6.07 Å². The summed E-state index contributed by atoms with van der Waals surface area (Å²) in [5.74, 6) is -0.863. The summed E-state index contributed by atoms with van der Waals surface area (Å²) in [5, 5.41) is 11.3. The van der Waals surface area contributed by atoms with Crippen LogP contribution >= 0.6 is 11.8 Å². The third-order valence-electron chi connectivity index (χ3n) is 2.54. The van der Waals surface area contributed by atoms with Crippen LogP contribution in [0.2, 0.25) is 0 Å². The molecule has 0 spiro atoms. The van der Waals surface area contributed by atoms with Crippen molar-refractivity contribution in [2.75, 3.05) is 11.6 Å². The zero-order valence-electron chi connectivity index (χ0n) is 10.5. The van der Waals surface area contributed by atoms with Gasteiger partial charge in [0.05, 0.1) is 5.25 Å². The first-order valence-corrected chi connectivity index (χ1v) is 6.96. The fraction of sp³-hybridized carbons (Fsp3) is 0.385. The van der Waals surface area contributed by atoms with Crippen molar-refractivity contribution in [2.45, 2.75) is 25.0 Å². The van der Waals surface area contributed by atoms with Crippen LogP contribution < -0.4 is 5.32 Å². The molecule has 1 aromatic rings. The maximum atomic E-state index is 11.7. The van der Waals surface area contributed by atoms with E-state index >= 15 is 0 Å². The van der Waals surface area contributed by atoms with Gasteiger partial charge in [-0.1, -0.05) is 12.1 Å². The lowest BCUT2D eigenvalue weighted by Crippen LogP contribution is -2.22. The number of thioether (sulfide) groups is 1. The lowest BCUT2D eigenvalue weighted by atomic mass is 10.1. The number of aryl methyl sites for hydroxylation is 1. The minimum absolute atomic E-state index is 0.0436. The molecule has 1 unspecified atom stereocenters. The molecule has 0 aromatic heterocycles. The molecule has 0 bridgehead atoms. The maximum Gasteiger partial charge on any atom is 0.303 e. The van der Waals surface area contributed by atoms with Crippen LogP contribution in [0.1, 0.15) is 18.9 Å². The van der Waals surface area contributed by atoms with Gasteiger partial charge in [0.15, 0.2) is 0 Å². The Balaban J connectivity index is 2.64. The predicted octanol–water partition coefficient (Wildman–Crippen LogP) is 2.39. The van der Waals surface area contributed by atoms with Gasteiger partial charge in [-0.15, -0.1) is 0 Å². The Kier molecular flexibility index (Phi) is 5.71. The van der Waals surface area contributed by atoms with E-state index in [9.17, 15) is 9.59 Å². The molecule has 1 atom stereocenters. The fourth-order valence-electron chi connectivity index (χ4n) is 1.41. The van der Waals surface area contributed by atoms with Crippen molar-refractivity contribution in [1.82, 2.24) is 0 Å². The number of benzene rings is 1. The quantitative estimate of drug-likeness (QED) is 0.830. The van der Waals surface area contributed by atoms with Crippen molar-refractivity contribution in [1.29, 1.82) is 0 Å². The number of carbonyl (C=O) groups is 2. The molecule has 5 heteroatoms. The van der Waals surface area contributed by atoms with Crippen molar-refractivity contribution < 1.29 is 14.7 Å². The molecule has 4 nitrogen and oxygen atoms in total. The average Bonchev–Trinajstić information content (AvgIpc) is 2.35. The average molecular weight is 267 g/mol. The molecule has 0 aliphatic rings.